The highest BCUT2D eigenvalue weighted by molar-refractivity contribution is 5.75. The predicted octanol–water partition coefficient (Wildman–Crippen LogP) is 1.79. The van der Waals surface area contributed by atoms with Gasteiger partial charge < -0.3 is 10.2 Å². The van der Waals surface area contributed by atoms with Gasteiger partial charge in [-0.15, -0.1) is 0 Å². The van der Waals surface area contributed by atoms with Crippen LogP contribution in [0.2, 0.25) is 0 Å². The Balaban J connectivity index is 2.64. The number of rotatable bonds is 4. The normalized spacial score (nSPS) is 24.5. The van der Waals surface area contributed by atoms with E-state index in [2.05, 4.69) is 0 Å². The summed E-state index contributed by atoms with van der Waals surface area (Å²) in [6.45, 7) is 3.60. The van der Waals surface area contributed by atoms with E-state index < -0.39 is 17.0 Å². The lowest BCUT2D eigenvalue weighted by Crippen LogP contribution is -2.44. The molecule has 76 valence electrons. The van der Waals surface area contributed by atoms with Gasteiger partial charge in [-0.2, -0.15) is 0 Å². The molecular weight excluding hydrogens is 168 g/mol. The molecule has 1 unspecified atom stereocenters. The fourth-order valence-electron chi connectivity index (χ4n) is 1.92. The van der Waals surface area contributed by atoms with Crippen molar-refractivity contribution in [1.29, 1.82) is 0 Å². The largest absolute Gasteiger partial charge is 0.481 e. The Kier molecular flexibility index (Phi) is 2.66. The molecule has 3 heteroatoms. The van der Waals surface area contributed by atoms with E-state index in [0.717, 1.165) is 19.3 Å². The minimum atomic E-state index is -0.821. The first-order chi connectivity index (χ1) is 5.92. The van der Waals surface area contributed by atoms with Crippen LogP contribution in [0.3, 0.4) is 0 Å². The second-order valence-electron chi connectivity index (χ2n) is 4.47. The second kappa shape index (κ2) is 3.29. The summed E-state index contributed by atoms with van der Waals surface area (Å²) in [6, 6.07) is 0. The number of hydrogen-bond donors (Lipinski definition) is 2. The molecule has 1 saturated carbocycles. The van der Waals surface area contributed by atoms with Crippen LogP contribution in [0, 0.1) is 5.41 Å². The third-order valence-electron chi connectivity index (χ3n) is 3.25. The van der Waals surface area contributed by atoms with Crippen molar-refractivity contribution in [1.82, 2.24) is 0 Å². The Bertz CT molecular complexity index is 204. The Morgan fingerprint density at radius 1 is 1.54 bits per heavy atom. The number of hydrogen-bond acceptors (Lipinski definition) is 2. The molecule has 0 heterocycles. The van der Waals surface area contributed by atoms with Gasteiger partial charge in [0.2, 0.25) is 0 Å². The fraction of sp³-hybridized carbons (Fsp3) is 0.900. The van der Waals surface area contributed by atoms with E-state index in [9.17, 15) is 9.90 Å². The summed E-state index contributed by atoms with van der Waals surface area (Å²) < 4.78 is 0. The molecule has 0 spiro atoms. The molecule has 13 heavy (non-hydrogen) atoms. The van der Waals surface area contributed by atoms with Crippen molar-refractivity contribution in [2.45, 2.75) is 51.6 Å². The van der Waals surface area contributed by atoms with Gasteiger partial charge in [-0.3, -0.25) is 4.79 Å². The lowest BCUT2D eigenvalue weighted by Gasteiger charge is -2.42. The van der Waals surface area contributed by atoms with E-state index in [0.29, 0.717) is 12.8 Å². The van der Waals surface area contributed by atoms with Crippen LogP contribution in [0.4, 0.5) is 0 Å². The van der Waals surface area contributed by atoms with Crippen molar-refractivity contribution in [3.8, 4) is 0 Å². The Morgan fingerprint density at radius 3 is 2.31 bits per heavy atom. The van der Waals surface area contributed by atoms with E-state index >= 15 is 0 Å². The molecule has 1 fully saturated rings. The van der Waals surface area contributed by atoms with Gasteiger partial charge in [-0.25, -0.2) is 0 Å². The molecule has 0 aromatic rings. The van der Waals surface area contributed by atoms with Crippen molar-refractivity contribution >= 4 is 5.97 Å². The second-order valence-corrected chi connectivity index (χ2v) is 4.47. The number of aliphatic carboxylic acids is 1. The van der Waals surface area contributed by atoms with Gasteiger partial charge in [0, 0.05) is 0 Å². The average molecular weight is 186 g/mol. The number of aliphatic hydroxyl groups is 1. The van der Waals surface area contributed by atoms with Crippen molar-refractivity contribution in [3.05, 3.63) is 0 Å². The number of carboxylic acid groups (broad SMARTS) is 1. The number of carboxylic acids is 1. The molecule has 0 aliphatic heterocycles. The molecule has 0 bridgehead atoms. The summed E-state index contributed by atoms with van der Waals surface area (Å²) in [5.74, 6) is -0.743. The summed E-state index contributed by atoms with van der Waals surface area (Å²) in [5.41, 5.74) is -1.45. The Labute approximate surface area is 78.8 Å². The smallest absolute Gasteiger partial charge is 0.309 e. The lowest BCUT2D eigenvalue weighted by atomic mass is 9.63. The molecule has 0 aromatic heterocycles. The maximum atomic E-state index is 11.0. The van der Waals surface area contributed by atoms with E-state index in [-0.39, 0.29) is 0 Å². The predicted molar refractivity (Wildman–Crippen MR) is 49.5 cm³/mol. The first-order valence-corrected chi connectivity index (χ1v) is 4.88. The van der Waals surface area contributed by atoms with Crippen molar-refractivity contribution in [3.63, 3.8) is 0 Å². The molecule has 0 radical (unpaired) electrons. The topological polar surface area (TPSA) is 57.5 Å². The zero-order valence-electron chi connectivity index (χ0n) is 8.34. The number of carbonyl (C=O) groups is 1. The first kappa shape index (κ1) is 10.5. The van der Waals surface area contributed by atoms with Crippen LogP contribution in [0.5, 0.6) is 0 Å². The average Bonchev–Trinajstić information content (AvgIpc) is 1.96. The molecule has 1 aliphatic carbocycles. The van der Waals surface area contributed by atoms with Crippen LogP contribution in [0.25, 0.3) is 0 Å². The summed E-state index contributed by atoms with van der Waals surface area (Å²) in [5, 5.41) is 18.8. The van der Waals surface area contributed by atoms with Gasteiger partial charge in [-0.05, 0) is 32.6 Å². The molecule has 0 saturated heterocycles. The Morgan fingerprint density at radius 2 is 2.08 bits per heavy atom. The fourth-order valence-corrected chi connectivity index (χ4v) is 1.92. The minimum Gasteiger partial charge on any atom is -0.481 e. The van der Waals surface area contributed by atoms with Crippen LogP contribution in [-0.4, -0.2) is 21.8 Å². The molecular formula is C10H18O3. The van der Waals surface area contributed by atoms with Gasteiger partial charge in [0.25, 0.3) is 0 Å². The van der Waals surface area contributed by atoms with Crippen LogP contribution >= 0.6 is 0 Å². The molecule has 1 atom stereocenters. The SMILES string of the molecule is CCC(C)(O)CC1(C(=O)O)CCC1. The van der Waals surface area contributed by atoms with Crippen molar-refractivity contribution < 1.29 is 15.0 Å². The summed E-state index contributed by atoms with van der Waals surface area (Å²) >= 11 is 0. The first-order valence-electron chi connectivity index (χ1n) is 4.88. The molecule has 2 N–H and O–H groups in total. The maximum Gasteiger partial charge on any atom is 0.309 e. The molecule has 1 rings (SSSR count). The van der Waals surface area contributed by atoms with Gasteiger partial charge in [0.05, 0.1) is 11.0 Å². The monoisotopic (exact) mass is 186 g/mol. The van der Waals surface area contributed by atoms with Crippen LogP contribution in [0.1, 0.15) is 46.0 Å². The summed E-state index contributed by atoms with van der Waals surface area (Å²) in [7, 11) is 0. The molecule has 1 aliphatic rings. The Hall–Kier alpha value is -0.570. The third-order valence-corrected chi connectivity index (χ3v) is 3.25. The highest BCUT2D eigenvalue weighted by Gasteiger charge is 2.47. The maximum absolute atomic E-state index is 11.0. The van der Waals surface area contributed by atoms with Crippen molar-refractivity contribution in [2.24, 2.45) is 5.41 Å². The van der Waals surface area contributed by atoms with Gasteiger partial charge in [0.15, 0.2) is 0 Å². The summed E-state index contributed by atoms with van der Waals surface area (Å²) in [6.07, 6.45) is 3.43. The minimum absolute atomic E-state index is 0.395. The highest BCUT2D eigenvalue weighted by atomic mass is 16.4. The van der Waals surface area contributed by atoms with Crippen LogP contribution < -0.4 is 0 Å². The molecule has 0 amide bonds. The van der Waals surface area contributed by atoms with Crippen molar-refractivity contribution in [2.75, 3.05) is 0 Å². The zero-order valence-corrected chi connectivity index (χ0v) is 8.34. The quantitative estimate of drug-likeness (QED) is 0.703. The van der Waals surface area contributed by atoms with Crippen LogP contribution in [-0.2, 0) is 4.79 Å². The molecule has 3 nitrogen and oxygen atoms in total. The van der Waals surface area contributed by atoms with E-state index in [4.69, 9.17) is 5.11 Å². The van der Waals surface area contributed by atoms with E-state index in [1.165, 1.54) is 0 Å². The van der Waals surface area contributed by atoms with Gasteiger partial charge >= 0.3 is 5.97 Å². The zero-order chi connectivity index (χ0) is 10.1. The van der Waals surface area contributed by atoms with Crippen LogP contribution in [0.15, 0.2) is 0 Å². The van der Waals surface area contributed by atoms with E-state index in [1.54, 1.807) is 6.92 Å². The standard InChI is InChI=1S/C10H18O3/c1-3-9(2,13)7-10(8(11)12)5-4-6-10/h13H,3-7H2,1-2H3,(H,11,12). The molecule has 0 aromatic carbocycles. The van der Waals surface area contributed by atoms with E-state index in [1.807, 2.05) is 6.92 Å². The van der Waals surface area contributed by atoms with Gasteiger partial charge in [-0.1, -0.05) is 13.3 Å². The third kappa shape index (κ3) is 2.02. The van der Waals surface area contributed by atoms with Gasteiger partial charge in [0.1, 0.15) is 0 Å². The highest BCUT2D eigenvalue weighted by Crippen LogP contribution is 2.47. The lowest BCUT2D eigenvalue weighted by molar-refractivity contribution is -0.160. The summed E-state index contributed by atoms with van der Waals surface area (Å²) in [4.78, 5) is 11.0.